The molecule has 0 aliphatic carbocycles. The molecular formula is C12H17N3O2. The van der Waals surface area contributed by atoms with E-state index in [1.54, 1.807) is 12.3 Å². The van der Waals surface area contributed by atoms with Gasteiger partial charge >= 0.3 is 5.82 Å². The molecule has 17 heavy (non-hydrogen) atoms. The Labute approximate surface area is 101 Å². The van der Waals surface area contributed by atoms with Gasteiger partial charge in [0, 0.05) is 19.2 Å². The summed E-state index contributed by atoms with van der Waals surface area (Å²) in [6, 6.07) is 3.26. The van der Waals surface area contributed by atoms with Gasteiger partial charge in [0.15, 0.2) is 6.20 Å². The SMILES string of the molecule is C[C@H]1C[C@H](C)CN(c2ccc([N+](=O)[O-])nc2)C1. The summed E-state index contributed by atoms with van der Waals surface area (Å²) in [5, 5.41) is 10.5. The van der Waals surface area contributed by atoms with Gasteiger partial charge in [-0.3, -0.25) is 0 Å². The van der Waals surface area contributed by atoms with E-state index in [1.165, 1.54) is 12.5 Å². The summed E-state index contributed by atoms with van der Waals surface area (Å²) >= 11 is 0. The van der Waals surface area contributed by atoms with Crippen LogP contribution in [0.4, 0.5) is 11.5 Å². The predicted octanol–water partition coefficient (Wildman–Crippen LogP) is 2.47. The lowest BCUT2D eigenvalue weighted by Crippen LogP contribution is -2.38. The highest BCUT2D eigenvalue weighted by atomic mass is 16.6. The van der Waals surface area contributed by atoms with Crippen molar-refractivity contribution in [1.29, 1.82) is 0 Å². The second-order valence-electron chi connectivity index (χ2n) is 4.98. The standard InChI is InChI=1S/C12H17N3O2/c1-9-5-10(2)8-14(7-9)11-3-4-12(13-6-11)15(16)17/h3-4,6,9-10H,5,7-8H2,1-2H3/t9-,10-/m0/s1. The highest BCUT2D eigenvalue weighted by Crippen LogP contribution is 2.26. The lowest BCUT2D eigenvalue weighted by Gasteiger charge is -2.35. The van der Waals surface area contributed by atoms with Crippen molar-refractivity contribution < 1.29 is 4.92 Å². The zero-order chi connectivity index (χ0) is 12.4. The average molecular weight is 235 g/mol. The number of aromatic nitrogens is 1. The van der Waals surface area contributed by atoms with Crippen LogP contribution in [0.3, 0.4) is 0 Å². The Morgan fingerprint density at radius 3 is 2.47 bits per heavy atom. The van der Waals surface area contributed by atoms with Crippen molar-refractivity contribution in [3.63, 3.8) is 0 Å². The molecule has 92 valence electrons. The minimum Gasteiger partial charge on any atom is -0.368 e. The van der Waals surface area contributed by atoms with E-state index < -0.39 is 4.92 Å². The molecule has 1 aliphatic rings. The number of anilines is 1. The molecule has 1 saturated heterocycles. The molecule has 0 bridgehead atoms. The van der Waals surface area contributed by atoms with Gasteiger partial charge in [0.1, 0.15) is 0 Å². The summed E-state index contributed by atoms with van der Waals surface area (Å²) in [5.41, 5.74) is 0.981. The minimum atomic E-state index is -0.467. The molecule has 5 nitrogen and oxygen atoms in total. The van der Waals surface area contributed by atoms with Crippen LogP contribution in [0.5, 0.6) is 0 Å². The fourth-order valence-electron chi connectivity index (χ4n) is 2.55. The smallest absolute Gasteiger partial charge is 0.363 e. The third-order valence-electron chi connectivity index (χ3n) is 3.15. The quantitative estimate of drug-likeness (QED) is 0.583. The Balaban J connectivity index is 2.14. The van der Waals surface area contributed by atoms with Gasteiger partial charge < -0.3 is 15.0 Å². The number of pyridine rings is 1. The first-order valence-corrected chi connectivity index (χ1v) is 5.91. The maximum Gasteiger partial charge on any atom is 0.363 e. The number of piperidine rings is 1. The van der Waals surface area contributed by atoms with Crippen LogP contribution in [0, 0.1) is 22.0 Å². The van der Waals surface area contributed by atoms with Crippen LogP contribution < -0.4 is 4.90 Å². The summed E-state index contributed by atoms with van der Waals surface area (Å²) in [6.07, 6.45) is 2.85. The topological polar surface area (TPSA) is 59.3 Å². The molecular weight excluding hydrogens is 218 g/mol. The minimum absolute atomic E-state index is 0.0909. The van der Waals surface area contributed by atoms with Crippen molar-refractivity contribution >= 4 is 11.5 Å². The first-order valence-electron chi connectivity index (χ1n) is 5.91. The van der Waals surface area contributed by atoms with Crippen LogP contribution in [0.1, 0.15) is 20.3 Å². The van der Waals surface area contributed by atoms with Gasteiger partial charge in [-0.1, -0.05) is 13.8 Å². The molecule has 0 spiro atoms. The molecule has 2 heterocycles. The van der Waals surface area contributed by atoms with Gasteiger partial charge in [-0.2, -0.15) is 0 Å². The fourth-order valence-corrected chi connectivity index (χ4v) is 2.55. The van der Waals surface area contributed by atoms with Gasteiger partial charge in [-0.25, -0.2) is 0 Å². The van der Waals surface area contributed by atoms with Gasteiger partial charge in [0.25, 0.3) is 0 Å². The van der Waals surface area contributed by atoms with Crippen molar-refractivity contribution in [3.8, 4) is 0 Å². The predicted molar refractivity (Wildman–Crippen MR) is 66.0 cm³/mol. The van der Waals surface area contributed by atoms with E-state index in [-0.39, 0.29) is 5.82 Å². The van der Waals surface area contributed by atoms with Crippen molar-refractivity contribution in [1.82, 2.24) is 4.98 Å². The first kappa shape index (κ1) is 11.8. The molecule has 1 fully saturated rings. The van der Waals surface area contributed by atoms with Gasteiger partial charge in [0.2, 0.25) is 0 Å². The lowest BCUT2D eigenvalue weighted by molar-refractivity contribution is -0.389. The Hall–Kier alpha value is -1.65. The van der Waals surface area contributed by atoms with E-state index >= 15 is 0 Å². The Bertz CT molecular complexity index is 395. The van der Waals surface area contributed by atoms with E-state index in [2.05, 4.69) is 23.7 Å². The van der Waals surface area contributed by atoms with E-state index in [4.69, 9.17) is 0 Å². The Kier molecular flexibility index (Phi) is 3.26. The van der Waals surface area contributed by atoms with E-state index in [0.29, 0.717) is 11.8 Å². The summed E-state index contributed by atoms with van der Waals surface area (Å²) in [4.78, 5) is 16.2. The highest BCUT2D eigenvalue weighted by Gasteiger charge is 2.23. The fraction of sp³-hybridized carbons (Fsp3) is 0.583. The molecule has 2 rings (SSSR count). The van der Waals surface area contributed by atoms with Crippen LogP contribution in [0.2, 0.25) is 0 Å². The number of nitrogens with zero attached hydrogens (tertiary/aromatic N) is 3. The summed E-state index contributed by atoms with van der Waals surface area (Å²) in [7, 11) is 0. The van der Waals surface area contributed by atoms with Gasteiger partial charge in [-0.15, -0.1) is 0 Å². The third kappa shape index (κ3) is 2.72. The largest absolute Gasteiger partial charge is 0.368 e. The van der Waals surface area contributed by atoms with E-state index in [1.807, 2.05) is 0 Å². The maximum absolute atomic E-state index is 10.5. The van der Waals surface area contributed by atoms with E-state index in [9.17, 15) is 10.1 Å². The van der Waals surface area contributed by atoms with Gasteiger partial charge in [0.05, 0.1) is 5.69 Å². The van der Waals surface area contributed by atoms with E-state index in [0.717, 1.165) is 18.8 Å². The zero-order valence-corrected chi connectivity index (χ0v) is 10.2. The molecule has 0 N–H and O–H groups in total. The monoisotopic (exact) mass is 235 g/mol. The molecule has 1 aromatic heterocycles. The molecule has 1 aromatic rings. The highest BCUT2D eigenvalue weighted by molar-refractivity contribution is 5.47. The normalized spacial score (nSPS) is 24.7. The third-order valence-corrected chi connectivity index (χ3v) is 3.15. The van der Waals surface area contributed by atoms with Gasteiger partial charge in [-0.05, 0) is 34.2 Å². The van der Waals surface area contributed by atoms with Crippen molar-refractivity contribution in [2.24, 2.45) is 11.8 Å². The molecule has 0 radical (unpaired) electrons. The molecule has 0 unspecified atom stereocenters. The molecule has 0 saturated carbocycles. The van der Waals surface area contributed by atoms with Crippen LogP contribution in [0.25, 0.3) is 0 Å². The molecule has 0 aromatic carbocycles. The second-order valence-corrected chi connectivity index (χ2v) is 4.98. The Morgan fingerprint density at radius 2 is 2.00 bits per heavy atom. The maximum atomic E-state index is 10.5. The van der Waals surface area contributed by atoms with Crippen LogP contribution >= 0.6 is 0 Å². The zero-order valence-electron chi connectivity index (χ0n) is 10.2. The van der Waals surface area contributed by atoms with Crippen LogP contribution in [0.15, 0.2) is 18.3 Å². The molecule has 2 atom stereocenters. The second kappa shape index (κ2) is 4.69. The number of hydrogen-bond acceptors (Lipinski definition) is 4. The van der Waals surface area contributed by atoms with Crippen LogP contribution in [-0.4, -0.2) is 23.0 Å². The van der Waals surface area contributed by atoms with Crippen molar-refractivity contribution in [2.45, 2.75) is 20.3 Å². The summed E-state index contributed by atoms with van der Waals surface area (Å²) < 4.78 is 0. The Morgan fingerprint density at radius 1 is 1.35 bits per heavy atom. The lowest BCUT2D eigenvalue weighted by atomic mass is 9.92. The first-order chi connectivity index (χ1) is 8.06. The summed E-state index contributed by atoms with van der Waals surface area (Å²) in [5.74, 6) is 1.23. The number of nitro groups is 1. The number of hydrogen-bond donors (Lipinski definition) is 0. The average Bonchev–Trinajstić information content (AvgIpc) is 2.28. The van der Waals surface area contributed by atoms with Crippen molar-refractivity contribution in [2.75, 3.05) is 18.0 Å². The molecule has 1 aliphatic heterocycles. The van der Waals surface area contributed by atoms with Crippen molar-refractivity contribution in [3.05, 3.63) is 28.4 Å². The summed E-state index contributed by atoms with van der Waals surface area (Å²) in [6.45, 7) is 6.48. The van der Waals surface area contributed by atoms with Crippen LogP contribution in [-0.2, 0) is 0 Å². The number of rotatable bonds is 2. The molecule has 0 amide bonds. The molecule has 5 heteroatoms.